The summed E-state index contributed by atoms with van der Waals surface area (Å²) in [6, 6.07) is 0. The summed E-state index contributed by atoms with van der Waals surface area (Å²) in [6.45, 7) is 18.3. The molecule has 0 bridgehead atoms. The summed E-state index contributed by atoms with van der Waals surface area (Å²) in [5.41, 5.74) is 0. The van der Waals surface area contributed by atoms with Crippen molar-refractivity contribution in [3.63, 3.8) is 0 Å². The van der Waals surface area contributed by atoms with Crippen molar-refractivity contribution in [3.8, 4) is 0 Å². The third-order valence-corrected chi connectivity index (χ3v) is 3.78. The van der Waals surface area contributed by atoms with Gasteiger partial charge in [0.15, 0.2) is 0 Å². The molecule has 0 atom stereocenters. The van der Waals surface area contributed by atoms with Gasteiger partial charge in [0.05, 0.1) is 0 Å². The molecule has 2 aliphatic rings. The summed E-state index contributed by atoms with van der Waals surface area (Å²) in [7, 11) is 2.22. The SMILES string of the molecule is CC.CC.CN1CCN(CCN2CCCCC2)CC1. The highest BCUT2D eigenvalue weighted by Gasteiger charge is 2.15. The van der Waals surface area contributed by atoms with E-state index in [-0.39, 0.29) is 0 Å². The Morgan fingerprint density at radius 2 is 1.00 bits per heavy atom. The van der Waals surface area contributed by atoms with Crippen LogP contribution in [0, 0.1) is 0 Å². The molecule has 116 valence electrons. The fourth-order valence-corrected chi connectivity index (χ4v) is 2.54. The van der Waals surface area contributed by atoms with Gasteiger partial charge in [-0.25, -0.2) is 0 Å². The van der Waals surface area contributed by atoms with Gasteiger partial charge in [-0.05, 0) is 33.0 Å². The number of rotatable bonds is 3. The first-order valence-electron chi connectivity index (χ1n) is 8.48. The molecule has 0 saturated carbocycles. The van der Waals surface area contributed by atoms with Gasteiger partial charge in [-0.2, -0.15) is 0 Å². The molecule has 0 spiro atoms. The maximum Gasteiger partial charge on any atom is 0.0110 e. The van der Waals surface area contributed by atoms with Crippen molar-refractivity contribution in [1.29, 1.82) is 0 Å². The largest absolute Gasteiger partial charge is 0.304 e. The van der Waals surface area contributed by atoms with Crippen LogP contribution >= 0.6 is 0 Å². The fraction of sp³-hybridized carbons (Fsp3) is 1.00. The van der Waals surface area contributed by atoms with Crippen molar-refractivity contribution in [1.82, 2.24) is 14.7 Å². The zero-order valence-electron chi connectivity index (χ0n) is 14.1. The third kappa shape index (κ3) is 8.61. The van der Waals surface area contributed by atoms with Crippen LogP contribution in [-0.4, -0.2) is 74.1 Å². The van der Waals surface area contributed by atoms with Crippen molar-refractivity contribution >= 4 is 0 Å². The van der Waals surface area contributed by atoms with Crippen LogP contribution in [0.4, 0.5) is 0 Å². The van der Waals surface area contributed by atoms with Gasteiger partial charge < -0.3 is 9.80 Å². The molecule has 3 heteroatoms. The zero-order valence-corrected chi connectivity index (χ0v) is 14.1. The molecule has 19 heavy (non-hydrogen) atoms. The van der Waals surface area contributed by atoms with Gasteiger partial charge in [0, 0.05) is 39.3 Å². The average molecular weight is 271 g/mol. The van der Waals surface area contributed by atoms with E-state index >= 15 is 0 Å². The van der Waals surface area contributed by atoms with E-state index in [1.807, 2.05) is 27.7 Å². The lowest BCUT2D eigenvalue weighted by atomic mass is 10.1. The second-order valence-corrected chi connectivity index (χ2v) is 5.05. The van der Waals surface area contributed by atoms with E-state index < -0.39 is 0 Å². The van der Waals surface area contributed by atoms with Crippen LogP contribution < -0.4 is 0 Å². The lowest BCUT2D eigenvalue weighted by molar-refractivity contribution is 0.128. The highest BCUT2D eigenvalue weighted by molar-refractivity contribution is 4.72. The van der Waals surface area contributed by atoms with E-state index in [4.69, 9.17) is 0 Å². The summed E-state index contributed by atoms with van der Waals surface area (Å²) >= 11 is 0. The molecule has 2 fully saturated rings. The number of piperazine rings is 1. The molecule has 0 aliphatic carbocycles. The maximum absolute atomic E-state index is 2.64. The van der Waals surface area contributed by atoms with Gasteiger partial charge >= 0.3 is 0 Å². The average Bonchev–Trinajstić information content (AvgIpc) is 2.52. The quantitative estimate of drug-likeness (QED) is 0.781. The fourth-order valence-electron chi connectivity index (χ4n) is 2.54. The molecule has 2 aliphatic heterocycles. The number of hydrogen-bond acceptors (Lipinski definition) is 3. The predicted octanol–water partition coefficient (Wildman–Crippen LogP) is 2.77. The molecule has 2 saturated heterocycles. The molecule has 0 N–H and O–H groups in total. The van der Waals surface area contributed by atoms with Gasteiger partial charge in [-0.15, -0.1) is 0 Å². The van der Waals surface area contributed by atoms with Crippen LogP contribution in [0.1, 0.15) is 47.0 Å². The zero-order chi connectivity index (χ0) is 14.5. The van der Waals surface area contributed by atoms with Gasteiger partial charge in [0.25, 0.3) is 0 Å². The van der Waals surface area contributed by atoms with E-state index in [2.05, 4.69) is 21.7 Å². The molecule has 2 heterocycles. The first-order valence-corrected chi connectivity index (χ1v) is 8.48. The summed E-state index contributed by atoms with van der Waals surface area (Å²) in [5.74, 6) is 0. The van der Waals surface area contributed by atoms with Crippen molar-refractivity contribution in [2.75, 3.05) is 59.4 Å². The van der Waals surface area contributed by atoms with Gasteiger partial charge in [0.1, 0.15) is 0 Å². The molecule has 0 radical (unpaired) electrons. The number of likely N-dealkylation sites (tertiary alicyclic amines) is 1. The topological polar surface area (TPSA) is 9.72 Å². The lowest BCUT2D eigenvalue weighted by Gasteiger charge is -2.34. The van der Waals surface area contributed by atoms with Crippen LogP contribution in [0.2, 0.25) is 0 Å². The van der Waals surface area contributed by atoms with Crippen molar-refractivity contribution < 1.29 is 0 Å². The Bertz CT molecular complexity index is 171. The van der Waals surface area contributed by atoms with Crippen LogP contribution in [0.3, 0.4) is 0 Å². The number of hydrogen-bond donors (Lipinski definition) is 0. The Labute approximate surface area is 121 Å². The monoisotopic (exact) mass is 271 g/mol. The first-order chi connectivity index (χ1) is 9.34. The van der Waals surface area contributed by atoms with Crippen molar-refractivity contribution in [2.45, 2.75) is 47.0 Å². The second-order valence-electron chi connectivity index (χ2n) is 5.05. The standard InChI is InChI=1S/C12H25N3.2C2H6/c1-13-7-9-15(10-8-13)12-11-14-5-3-2-4-6-14;2*1-2/h2-12H2,1H3;2*1-2H3. The number of piperidine rings is 1. The van der Waals surface area contributed by atoms with E-state index in [9.17, 15) is 0 Å². The Morgan fingerprint density at radius 3 is 1.47 bits per heavy atom. The van der Waals surface area contributed by atoms with Crippen molar-refractivity contribution in [3.05, 3.63) is 0 Å². The molecule has 0 amide bonds. The van der Waals surface area contributed by atoms with Gasteiger partial charge in [0.2, 0.25) is 0 Å². The Balaban J connectivity index is 0.000000741. The summed E-state index contributed by atoms with van der Waals surface area (Å²) in [4.78, 5) is 7.69. The molecule has 0 aromatic rings. The van der Waals surface area contributed by atoms with E-state index in [0.29, 0.717) is 0 Å². The normalized spacial score (nSPS) is 21.9. The Kier molecular flexibility index (Phi) is 12.8. The Morgan fingerprint density at radius 1 is 0.579 bits per heavy atom. The summed E-state index contributed by atoms with van der Waals surface area (Å²) in [6.07, 6.45) is 4.29. The summed E-state index contributed by atoms with van der Waals surface area (Å²) in [5, 5.41) is 0. The van der Waals surface area contributed by atoms with Crippen LogP contribution in [-0.2, 0) is 0 Å². The minimum atomic E-state index is 1.25. The van der Waals surface area contributed by atoms with Crippen LogP contribution in [0.15, 0.2) is 0 Å². The molecule has 0 aromatic heterocycles. The maximum atomic E-state index is 2.64. The molecular weight excluding hydrogens is 234 g/mol. The predicted molar refractivity (Wildman–Crippen MR) is 86.9 cm³/mol. The minimum Gasteiger partial charge on any atom is -0.304 e. The van der Waals surface area contributed by atoms with E-state index in [1.54, 1.807) is 0 Å². The first kappa shape index (κ1) is 18.9. The Hall–Kier alpha value is -0.120. The lowest BCUT2D eigenvalue weighted by Crippen LogP contribution is -2.47. The third-order valence-electron chi connectivity index (χ3n) is 3.78. The smallest absolute Gasteiger partial charge is 0.0110 e. The molecule has 3 nitrogen and oxygen atoms in total. The molecule has 0 aromatic carbocycles. The summed E-state index contributed by atoms with van der Waals surface area (Å²) < 4.78 is 0. The van der Waals surface area contributed by atoms with E-state index in [1.165, 1.54) is 71.6 Å². The number of nitrogens with zero attached hydrogens (tertiary/aromatic N) is 3. The van der Waals surface area contributed by atoms with E-state index in [0.717, 1.165) is 0 Å². The molecule has 0 unspecified atom stereocenters. The minimum absolute atomic E-state index is 1.25. The van der Waals surface area contributed by atoms with Gasteiger partial charge in [-0.1, -0.05) is 34.1 Å². The second kappa shape index (κ2) is 12.9. The highest BCUT2D eigenvalue weighted by atomic mass is 15.3. The van der Waals surface area contributed by atoms with Crippen molar-refractivity contribution in [2.24, 2.45) is 0 Å². The molecule has 2 rings (SSSR count). The molecular formula is C16H37N3. The van der Waals surface area contributed by atoms with Crippen LogP contribution in [0.5, 0.6) is 0 Å². The highest BCUT2D eigenvalue weighted by Crippen LogP contribution is 2.08. The van der Waals surface area contributed by atoms with Gasteiger partial charge in [-0.3, -0.25) is 4.90 Å². The number of likely N-dealkylation sites (N-methyl/N-ethyl adjacent to an activating group) is 1. The van der Waals surface area contributed by atoms with Crippen LogP contribution in [0.25, 0.3) is 0 Å².